The van der Waals surface area contributed by atoms with Crippen molar-refractivity contribution in [3.05, 3.63) is 47.0 Å². The van der Waals surface area contributed by atoms with Crippen molar-refractivity contribution < 1.29 is 9.66 Å². The first-order chi connectivity index (χ1) is 8.27. The van der Waals surface area contributed by atoms with Crippen LogP contribution in [0.25, 0.3) is 0 Å². The maximum absolute atomic E-state index is 10.7. The molecule has 2 aromatic rings. The van der Waals surface area contributed by atoms with Crippen molar-refractivity contribution in [2.75, 3.05) is 6.61 Å². The summed E-state index contributed by atoms with van der Waals surface area (Å²) < 4.78 is 6.93. The molecule has 0 bridgehead atoms. The molecule has 2 rings (SSSR count). The van der Waals surface area contributed by atoms with Gasteiger partial charge in [-0.05, 0) is 6.07 Å². The number of aromatic nitrogens is 3. The summed E-state index contributed by atoms with van der Waals surface area (Å²) in [6.45, 7) is 0.792. The zero-order chi connectivity index (χ0) is 12.1. The van der Waals surface area contributed by atoms with Crippen LogP contribution in [0.2, 0.25) is 0 Å². The molecule has 0 spiro atoms. The third kappa shape index (κ3) is 2.77. The van der Waals surface area contributed by atoms with Gasteiger partial charge in [-0.15, -0.1) is 0 Å². The van der Waals surface area contributed by atoms with Gasteiger partial charge in [0.25, 0.3) is 0 Å². The van der Waals surface area contributed by atoms with Crippen LogP contribution in [-0.4, -0.2) is 26.3 Å². The van der Waals surface area contributed by atoms with E-state index in [0.29, 0.717) is 13.2 Å². The molecule has 0 radical (unpaired) electrons. The highest BCUT2D eigenvalue weighted by atomic mass is 16.6. The van der Waals surface area contributed by atoms with E-state index in [1.165, 1.54) is 12.4 Å². The summed E-state index contributed by atoms with van der Waals surface area (Å²) in [5, 5.41) is 14.6. The minimum atomic E-state index is -0.467. The van der Waals surface area contributed by atoms with E-state index in [4.69, 9.17) is 4.74 Å². The van der Waals surface area contributed by atoms with Gasteiger partial charge in [-0.3, -0.25) is 10.1 Å². The molecular formula is C10H10N4O3. The van der Waals surface area contributed by atoms with Crippen LogP contribution >= 0.6 is 0 Å². The number of para-hydroxylation sites is 2. The molecule has 0 unspecified atom stereocenters. The highest BCUT2D eigenvalue weighted by Crippen LogP contribution is 2.25. The number of nitro groups is 1. The maximum atomic E-state index is 10.7. The number of benzene rings is 1. The van der Waals surface area contributed by atoms with Crippen molar-refractivity contribution in [3.8, 4) is 5.75 Å². The number of ether oxygens (including phenoxy) is 1. The average molecular weight is 234 g/mol. The fourth-order valence-corrected chi connectivity index (χ4v) is 1.33. The number of rotatable bonds is 5. The Kier molecular flexibility index (Phi) is 3.29. The smallest absolute Gasteiger partial charge is 0.310 e. The highest BCUT2D eigenvalue weighted by Gasteiger charge is 2.13. The minimum Gasteiger partial charge on any atom is -0.485 e. The molecule has 88 valence electrons. The van der Waals surface area contributed by atoms with Crippen LogP contribution in [0.5, 0.6) is 5.75 Å². The second-order valence-corrected chi connectivity index (χ2v) is 3.23. The van der Waals surface area contributed by atoms with Gasteiger partial charge in [0.15, 0.2) is 5.75 Å². The summed E-state index contributed by atoms with van der Waals surface area (Å²) in [5.41, 5.74) is -0.0360. The van der Waals surface area contributed by atoms with E-state index in [9.17, 15) is 10.1 Å². The van der Waals surface area contributed by atoms with Gasteiger partial charge in [-0.2, -0.15) is 5.10 Å². The van der Waals surface area contributed by atoms with Gasteiger partial charge >= 0.3 is 5.69 Å². The van der Waals surface area contributed by atoms with Crippen LogP contribution in [0.4, 0.5) is 5.69 Å². The highest BCUT2D eigenvalue weighted by molar-refractivity contribution is 5.45. The zero-order valence-corrected chi connectivity index (χ0v) is 8.89. The lowest BCUT2D eigenvalue weighted by Crippen LogP contribution is -2.09. The van der Waals surface area contributed by atoms with E-state index in [1.807, 2.05) is 0 Å². The summed E-state index contributed by atoms with van der Waals surface area (Å²) in [6, 6.07) is 6.27. The number of nitro benzene ring substituents is 1. The molecule has 0 saturated heterocycles. The van der Waals surface area contributed by atoms with Crippen molar-refractivity contribution in [1.82, 2.24) is 14.8 Å². The van der Waals surface area contributed by atoms with Crippen LogP contribution in [-0.2, 0) is 6.54 Å². The minimum absolute atomic E-state index is 0.0360. The largest absolute Gasteiger partial charge is 0.485 e. The molecular weight excluding hydrogens is 224 g/mol. The summed E-state index contributed by atoms with van der Waals surface area (Å²) in [7, 11) is 0. The van der Waals surface area contributed by atoms with Crippen molar-refractivity contribution in [2.24, 2.45) is 0 Å². The Bertz CT molecular complexity index is 498. The second-order valence-electron chi connectivity index (χ2n) is 3.23. The molecule has 1 aromatic carbocycles. The predicted molar refractivity (Wildman–Crippen MR) is 58.6 cm³/mol. The van der Waals surface area contributed by atoms with Crippen molar-refractivity contribution in [2.45, 2.75) is 6.54 Å². The van der Waals surface area contributed by atoms with Crippen molar-refractivity contribution in [1.29, 1.82) is 0 Å². The molecule has 0 amide bonds. The van der Waals surface area contributed by atoms with Gasteiger partial charge < -0.3 is 4.74 Å². The first-order valence-electron chi connectivity index (χ1n) is 4.96. The summed E-state index contributed by atoms with van der Waals surface area (Å²) in [6.07, 6.45) is 2.98. The maximum Gasteiger partial charge on any atom is 0.310 e. The SMILES string of the molecule is O=[N+]([O-])c1ccccc1OCCn1cncn1. The molecule has 7 heteroatoms. The molecule has 0 saturated carbocycles. The van der Waals surface area contributed by atoms with Crippen molar-refractivity contribution in [3.63, 3.8) is 0 Å². The number of nitrogens with zero attached hydrogens (tertiary/aromatic N) is 4. The van der Waals surface area contributed by atoms with Gasteiger partial charge in [0.05, 0.1) is 11.5 Å². The lowest BCUT2D eigenvalue weighted by Gasteiger charge is -2.05. The molecule has 0 N–H and O–H groups in total. The lowest BCUT2D eigenvalue weighted by atomic mass is 10.3. The standard InChI is InChI=1S/C10H10N4O3/c15-14(16)9-3-1-2-4-10(9)17-6-5-13-8-11-7-12-13/h1-4,7-8H,5-6H2. The molecule has 0 aliphatic heterocycles. The summed E-state index contributed by atoms with van der Waals surface area (Å²) >= 11 is 0. The van der Waals surface area contributed by atoms with Gasteiger partial charge in [-0.1, -0.05) is 12.1 Å². The summed E-state index contributed by atoms with van der Waals surface area (Å²) in [4.78, 5) is 14.0. The van der Waals surface area contributed by atoms with Crippen LogP contribution in [0.1, 0.15) is 0 Å². The average Bonchev–Trinajstić information content (AvgIpc) is 2.82. The molecule has 17 heavy (non-hydrogen) atoms. The number of hydrogen-bond acceptors (Lipinski definition) is 5. The fourth-order valence-electron chi connectivity index (χ4n) is 1.33. The quantitative estimate of drug-likeness (QED) is 0.574. The molecule has 0 aliphatic rings. The Morgan fingerprint density at radius 1 is 1.41 bits per heavy atom. The van der Waals surface area contributed by atoms with Crippen LogP contribution in [0.15, 0.2) is 36.9 Å². The van der Waals surface area contributed by atoms with E-state index in [1.54, 1.807) is 29.2 Å². The Labute approximate surface area is 96.8 Å². The van der Waals surface area contributed by atoms with E-state index in [0.717, 1.165) is 0 Å². The Hall–Kier alpha value is -2.44. The monoisotopic (exact) mass is 234 g/mol. The van der Waals surface area contributed by atoms with Gasteiger partial charge in [0.1, 0.15) is 19.3 Å². The third-order valence-electron chi connectivity index (χ3n) is 2.11. The molecule has 0 aliphatic carbocycles. The Morgan fingerprint density at radius 3 is 2.94 bits per heavy atom. The second kappa shape index (κ2) is 5.06. The lowest BCUT2D eigenvalue weighted by molar-refractivity contribution is -0.385. The van der Waals surface area contributed by atoms with Crippen LogP contribution in [0.3, 0.4) is 0 Å². The molecule has 1 aromatic heterocycles. The van der Waals surface area contributed by atoms with E-state index >= 15 is 0 Å². The summed E-state index contributed by atoms with van der Waals surface area (Å²) in [5.74, 6) is 0.262. The number of hydrogen-bond donors (Lipinski definition) is 0. The molecule has 0 fully saturated rings. The van der Waals surface area contributed by atoms with Crippen LogP contribution in [0, 0.1) is 10.1 Å². The molecule has 0 atom stereocenters. The van der Waals surface area contributed by atoms with Gasteiger partial charge in [-0.25, -0.2) is 9.67 Å². The van der Waals surface area contributed by atoms with Crippen molar-refractivity contribution >= 4 is 5.69 Å². The Balaban J connectivity index is 1.97. The topological polar surface area (TPSA) is 83.1 Å². The molecule has 7 nitrogen and oxygen atoms in total. The van der Waals surface area contributed by atoms with Gasteiger partial charge in [0, 0.05) is 6.07 Å². The third-order valence-corrected chi connectivity index (χ3v) is 2.11. The Morgan fingerprint density at radius 2 is 2.24 bits per heavy atom. The predicted octanol–water partition coefficient (Wildman–Crippen LogP) is 1.27. The van der Waals surface area contributed by atoms with Crippen LogP contribution < -0.4 is 4.74 Å². The van der Waals surface area contributed by atoms with Gasteiger partial charge in [0.2, 0.25) is 0 Å². The first-order valence-corrected chi connectivity index (χ1v) is 4.96. The first kappa shape index (κ1) is 11.1. The zero-order valence-electron chi connectivity index (χ0n) is 8.89. The van der Waals surface area contributed by atoms with E-state index in [2.05, 4.69) is 10.1 Å². The van der Waals surface area contributed by atoms with E-state index < -0.39 is 4.92 Å². The van der Waals surface area contributed by atoms with E-state index in [-0.39, 0.29) is 11.4 Å². The normalized spacial score (nSPS) is 10.1. The molecule has 1 heterocycles. The fraction of sp³-hybridized carbons (Fsp3) is 0.200.